The van der Waals surface area contributed by atoms with Gasteiger partial charge >= 0.3 is 0 Å². The lowest BCUT2D eigenvalue weighted by Gasteiger charge is -2.42. The van der Waals surface area contributed by atoms with Gasteiger partial charge in [0.1, 0.15) is 17.8 Å². The lowest BCUT2D eigenvalue weighted by atomic mass is 9.81. The van der Waals surface area contributed by atoms with E-state index in [2.05, 4.69) is 40.5 Å². The lowest BCUT2D eigenvalue weighted by molar-refractivity contribution is -0.144. The van der Waals surface area contributed by atoms with Gasteiger partial charge in [-0.15, -0.1) is 21.5 Å². The predicted molar refractivity (Wildman–Crippen MR) is 283 cm³/mol. The number of piperazine rings is 1. The number of likely N-dealkylation sites (tertiary alicyclic amines) is 2. The summed E-state index contributed by atoms with van der Waals surface area (Å²) in [5, 5.41) is 35.8. The monoisotopic (exact) mass is 1010 g/mol. The van der Waals surface area contributed by atoms with Gasteiger partial charge in [0.2, 0.25) is 23.7 Å². The minimum absolute atomic E-state index is 0.0399. The van der Waals surface area contributed by atoms with Crippen LogP contribution in [0.25, 0.3) is 21.7 Å². The number of anilines is 3. The van der Waals surface area contributed by atoms with Crippen LogP contribution >= 0.6 is 11.3 Å². The molecule has 7 heterocycles. The summed E-state index contributed by atoms with van der Waals surface area (Å²) in [6.45, 7) is 11.7. The Kier molecular flexibility index (Phi) is 14.7. The molecule has 2 aromatic carbocycles. The van der Waals surface area contributed by atoms with Crippen LogP contribution in [0.1, 0.15) is 108 Å². The SMILES string of the molecule is Cc1ncsc1-c1ccc(CNC(=O)[C@@H]2C[C@@H](O)CN2C(=O)[C@@H](NC(=O)CC2CCC(N3CCC(c4cnc(N5C6CCC5CN(c5cc(-c7ccccc7O)nnc5N)C6)nc4)CC3)CC2)C(C)(C)C)cc1. The first-order chi connectivity index (χ1) is 35.2. The number of phenolic OH excluding ortho intramolecular Hbond substituents is 1. The summed E-state index contributed by atoms with van der Waals surface area (Å²) in [6.07, 6.45) is 12.0. The van der Waals surface area contributed by atoms with Gasteiger partial charge in [-0.05, 0) is 124 Å². The minimum Gasteiger partial charge on any atom is -0.507 e. The number of carbonyl (C=O) groups is 3. The zero-order valence-corrected chi connectivity index (χ0v) is 43.3. The number of carbonyl (C=O) groups excluding carboxylic acids is 3. The van der Waals surface area contributed by atoms with Crippen molar-refractivity contribution in [2.45, 2.75) is 141 Å². The van der Waals surface area contributed by atoms with Crippen LogP contribution in [0.2, 0.25) is 0 Å². The number of fused-ring (bicyclic) bond motifs is 2. The highest BCUT2D eigenvalue weighted by atomic mass is 32.1. The molecule has 73 heavy (non-hydrogen) atoms. The zero-order chi connectivity index (χ0) is 51.0. The average molecular weight is 1010 g/mol. The number of aliphatic hydroxyl groups excluding tert-OH is 1. The Morgan fingerprint density at radius 3 is 2.21 bits per heavy atom. The first-order valence-corrected chi connectivity index (χ1v) is 27.1. The smallest absolute Gasteiger partial charge is 0.246 e. The number of amides is 3. The molecule has 17 nitrogen and oxygen atoms in total. The number of aromatic hydroxyl groups is 1. The van der Waals surface area contributed by atoms with E-state index in [0.29, 0.717) is 35.5 Å². The first kappa shape index (κ1) is 50.3. The number of piperidine rings is 1. The number of aryl methyl sites for hydroxylation is 1. The van der Waals surface area contributed by atoms with E-state index in [-0.39, 0.29) is 61.0 Å². The number of hydrogen-bond acceptors (Lipinski definition) is 15. The predicted octanol–water partition coefficient (Wildman–Crippen LogP) is 6.45. The molecule has 3 amide bonds. The highest BCUT2D eigenvalue weighted by molar-refractivity contribution is 7.13. The molecule has 1 saturated carbocycles. The van der Waals surface area contributed by atoms with Crippen LogP contribution in [-0.4, -0.2) is 132 Å². The topological polar surface area (TPSA) is 219 Å². The van der Waals surface area contributed by atoms with E-state index < -0.39 is 23.6 Å². The molecule has 10 rings (SSSR count). The van der Waals surface area contributed by atoms with E-state index >= 15 is 0 Å². The molecule has 5 fully saturated rings. The molecular formula is C55H70N12O5S. The van der Waals surface area contributed by atoms with Crippen molar-refractivity contribution in [1.29, 1.82) is 0 Å². The number of nitrogens with zero attached hydrogens (tertiary/aromatic N) is 9. The average Bonchev–Trinajstić information content (AvgIpc) is 4.08. The Morgan fingerprint density at radius 2 is 1.55 bits per heavy atom. The molecule has 4 saturated heterocycles. The van der Waals surface area contributed by atoms with Crippen molar-refractivity contribution in [2.75, 3.05) is 48.3 Å². The molecule has 2 bridgehead atoms. The van der Waals surface area contributed by atoms with Gasteiger partial charge < -0.3 is 46.2 Å². The molecule has 386 valence electrons. The summed E-state index contributed by atoms with van der Waals surface area (Å²) in [7, 11) is 0. The fourth-order valence-electron chi connectivity index (χ4n) is 12.1. The molecule has 5 atom stereocenters. The third-order valence-corrected chi connectivity index (χ3v) is 17.2. The van der Waals surface area contributed by atoms with Crippen molar-refractivity contribution in [3.05, 3.63) is 89.3 Å². The van der Waals surface area contributed by atoms with Crippen LogP contribution in [0.3, 0.4) is 0 Å². The van der Waals surface area contributed by atoms with Gasteiger partial charge in [0.25, 0.3) is 0 Å². The maximum Gasteiger partial charge on any atom is 0.246 e. The highest BCUT2D eigenvalue weighted by Crippen LogP contribution is 2.40. The number of nitrogens with two attached hydrogens (primary N) is 1. The number of benzene rings is 2. The Hall–Kier alpha value is -6.24. The number of thiazole rings is 1. The van der Waals surface area contributed by atoms with Crippen molar-refractivity contribution in [2.24, 2.45) is 11.3 Å². The van der Waals surface area contributed by atoms with E-state index in [9.17, 15) is 24.6 Å². The number of phenols is 1. The second kappa shape index (κ2) is 21.3. The Bertz CT molecular complexity index is 2740. The Morgan fingerprint density at radius 1 is 0.863 bits per heavy atom. The fraction of sp³-hybridized carbons (Fsp3) is 0.527. The van der Waals surface area contributed by atoms with Gasteiger partial charge in [-0.1, -0.05) is 57.2 Å². The summed E-state index contributed by atoms with van der Waals surface area (Å²) in [5.74, 6) is 1.16. The van der Waals surface area contributed by atoms with Gasteiger partial charge in [0, 0.05) is 75.1 Å². The summed E-state index contributed by atoms with van der Waals surface area (Å²) in [6, 6.07) is 16.4. The van der Waals surface area contributed by atoms with Crippen LogP contribution < -0.4 is 26.2 Å². The molecule has 4 aliphatic heterocycles. The molecule has 0 radical (unpaired) electrons. The van der Waals surface area contributed by atoms with E-state index in [0.717, 1.165) is 111 Å². The molecule has 3 aromatic heterocycles. The van der Waals surface area contributed by atoms with Crippen LogP contribution in [-0.2, 0) is 20.9 Å². The van der Waals surface area contributed by atoms with E-state index in [1.54, 1.807) is 23.5 Å². The largest absolute Gasteiger partial charge is 0.507 e. The number of β-amino-alcohol motifs (C(OH)–C–C–N with tert-alkyl or cyclic N) is 1. The number of hydrogen-bond donors (Lipinski definition) is 5. The number of rotatable bonds is 13. The molecule has 0 spiro atoms. The number of aliphatic hydroxyl groups is 1. The minimum atomic E-state index is -0.850. The fourth-order valence-corrected chi connectivity index (χ4v) is 13.0. The number of nitrogen functional groups attached to an aromatic ring is 1. The number of para-hydroxylation sites is 1. The van der Waals surface area contributed by atoms with Gasteiger partial charge in [-0.3, -0.25) is 14.4 Å². The third-order valence-electron chi connectivity index (χ3n) is 16.2. The van der Waals surface area contributed by atoms with Crippen molar-refractivity contribution in [3.63, 3.8) is 0 Å². The van der Waals surface area contributed by atoms with Gasteiger partial charge in [-0.25, -0.2) is 15.0 Å². The molecule has 5 aromatic rings. The standard InChI is InChI=1S/C55H70N12O5S/c1-33-49(73-32-60-33)37-13-9-35(10-14-37)26-57-52(71)46-24-42(68)31-66(46)53(72)50(55(2,3)4)61-48(70)23-34-11-15-39(16-12-34)64-21-19-36(20-22-64)38-27-58-54(59-28-38)67-40-17-18-41(67)30-65(29-40)45-25-44(62-63-51(45)56)43-7-5-6-8-47(43)69/h5-10,13-14,25,27-28,32,34,36,39-42,46,50,68-69H,11-12,15-24,26,29-31H2,1-4H3,(H2,56,63)(H,57,71)(H,61,70)/t34?,39?,40?,41?,42-,46+,50-/m1/s1. The second-order valence-corrected chi connectivity index (χ2v) is 23.0. The highest BCUT2D eigenvalue weighted by Gasteiger charge is 2.45. The molecule has 18 heteroatoms. The summed E-state index contributed by atoms with van der Waals surface area (Å²) in [5.41, 5.74) is 13.8. The van der Waals surface area contributed by atoms with Gasteiger partial charge in [0.15, 0.2) is 5.82 Å². The van der Waals surface area contributed by atoms with E-state index in [1.807, 2.05) is 88.1 Å². The Labute approximate surface area is 432 Å². The van der Waals surface area contributed by atoms with Crippen LogP contribution in [0.15, 0.2) is 72.5 Å². The van der Waals surface area contributed by atoms with Crippen molar-refractivity contribution in [1.82, 2.24) is 45.6 Å². The van der Waals surface area contributed by atoms with Crippen molar-refractivity contribution >= 4 is 46.5 Å². The van der Waals surface area contributed by atoms with Crippen molar-refractivity contribution in [3.8, 4) is 27.4 Å². The number of nitrogens with one attached hydrogen (secondary N) is 2. The maximum absolute atomic E-state index is 14.3. The van der Waals surface area contributed by atoms with Crippen LogP contribution in [0.5, 0.6) is 5.75 Å². The van der Waals surface area contributed by atoms with Gasteiger partial charge in [0.05, 0.1) is 33.6 Å². The quantitative estimate of drug-likeness (QED) is 0.0857. The normalized spacial score (nSPS) is 24.2. The van der Waals surface area contributed by atoms with Crippen LogP contribution in [0.4, 0.5) is 17.5 Å². The van der Waals surface area contributed by atoms with Crippen LogP contribution in [0, 0.1) is 18.3 Å². The van der Waals surface area contributed by atoms with Crippen molar-refractivity contribution < 1.29 is 24.6 Å². The number of aromatic nitrogens is 5. The van der Waals surface area contributed by atoms with E-state index in [1.165, 1.54) is 10.5 Å². The molecule has 1 aliphatic carbocycles. The Balaban J connectivity index is 0.670. The molecular weight excluding hydrogens is 941 g/mol. The maximum atomic E-state index is 14.3. The van der Waals surface area contributed by atoms with E-state index in [4.69, 9.17) is 15.7 Å². The molecule has 2 unspecified atom stereocenters. The third kappa shape index (κ3) is 11.0. The first-order valence-electron chi connectivity index (χ1n) is 26.2. The molecule has 5 aliphatic rings. The lowest BCUT2D eigenvalue weighted by Crippen LogP contribution is -2.57. The zero-order valence-electron chi connectivity index (χ0n) is 42.5. The summed E-state index contributed by atoms with van der Waals surface area (Å²) in [4.78, 5) is 65.8. The summed E-state index contributed by atoms with van der Waals surface area (Å²) < 4.78 is 0. The second-order valence-electron chi connectivity index (χ2n) is 22.2. The summed E-state index contributed by atoms with van der Waals surface area (Å²) >= 11 is 1.59. The molecule has 6 N–H and O–H groups in total. The van der Waals surface area contributed by atoms with Gasteiger partial charge in [-0.2, -0.15) is 0 Å².